The first-order valence-electron chi connectivity index (χ1n) is 15.1. The first-order chi connectivity index (χ1) is 22.1. The Morgan fingerprint density at radius 2 is 1.49 bits per heavy atom. The summed E-state index contributed by atoms with van der Waals surface area (Å²) >= 11 is 0. The molecule has 0 spiro atoms. The molecule has 0 saturated carbocycles. The number of anilines is 2. The average molecular weight is 594 g/mol. The highest BCUT2D eigenvalue weighted by Crippen LogP contribution is 2.33. The van der Waals surface area contributed by atoms with E-state index in [1.54, 1.807) is 19.5 Å². The fraction of sp³-hybridized carbons (Fsp3) is 0.158. The maximum Gasteiger partial charge on any atom is 0.323 e. The zero-order valence-corrected chi connectivity index (χ0v) is 25.4. The molecule has 1 atom stereocenters. The summed E-state index contributed by atoms with van der Waals surface area (Å²) in [6.07, 6.45) is 6.13. The molecule has 7 heteroatoms. The molecule has 0 aliphatic carbocycles. The van der Waals surface area contributed by atoms with Gasteiger partial charge < -0.3 is 15.4 Å². The summed E-state index contributed by atoms with van der Waals surface area (Å²) in [5.41, 5.74) is 7.59. The number of fused-ring (bicyclic) bond motifs is 1. The van der Waals surface area contributed by atoms with Gasteiger partial charge in [0.1, 0.15) is 5.75 Å². The Bertz CT molecular complexity index is 1890. The van der Waals surface area contributed by atoms with Gasteiger partial charge in [-0.2, -0.15) is 10.2 Å². The van der Waals surface area contributed by atoms with Crippen molar-refractivity contribution in [3.8, 4) is 17.0 Å². The lowest BCUT2D eigenvalue weighted by atomic mass is 9.93. The van der Waals surface area contributed by atoms with Crippen molar-refractivity contribution in [2.45, 2.75) is 32.1 Å². The number of carbonyl (C=O) groups excluding carboxylic acids is 1. The van der Waals surface area contributed by atoms with Gasteiger partial charge in [0.15, 0.2) is 0 Å². The highest BCUT2D eigenvalue weighted by Gasteiger charge is 2.15. The first kappa shape index (κ1) is 29.5. The van der Waals surface area contributed by atoms with Crippen molar-refractivity contribution in [3.63, 3.8) is 0 Å². The van der Waals surface area contributed by atoms with E-state index in [2.05, 4.69) is 57.0 Å². The van der Waals surface area contributed by atoms with Crippen molar-refractivity contribution in [3.05, 3.63) is 144 Å². The Morgan fingerprint density at radius 1 is 0.733 bits per heavy atom. The number of carbonyl (C=O) groups is 1. The molecular weight excluding hydrogens is 558 g/mol. The molecule has 0 aliphatic rings. The van der Waals surface area contributed by atoms with E-state index < -0.39 is 0 Å². The number of amides is 2. The second-order valence-corrected chi connectivity index (χ2v) is 11.1. The third-order valence-electron chi connectivity index (χ3n) is 8.01. The summed E-state index contributed by atoms with van der Waals surface area (Å²) < 4.78 is 5.56. The number of urea groups is 1. The third-order valence-corrected chi connectivity index (χ3v) is 8.01. The van der Waals surface area contributed by atoms with E-state index in [0.29, 0.717) is 23.0 Å². The summed E-state index contributed by atoms with van der Waals surface area (Å²) in [6.45, 7) is 2.21. The van der Waals surface area contributed by atoms with Crippen LogP contribution in [0, 0.1) is 0 Å². The third kappa shape index (κ3) is 7.16. The smallest absolute Gasteiger partial charge is 0.323 e. The van der Waals surface area contributed by atoms with Crippen molar-refractivity contribution in [1.82, 2.24) is 15.2 Å². The van der Waals surface area contributed by atoms with Crippen LogP contribution < -0.4 is 15.4 Å². The van der Waals surface area contributed by atoms with Gasteiger partial charge in [0, 0.05) is 23.3 Å². The van der Waals surface area contributed by atoms with E-state index in [4.69, 9.17) is 4.74 Å². The van der Waals surface area contributed by atoms with Crippen LogP contribution in [0.4, 0.5) is 16.2 Å². The zero-order chi connectivity index (χ0) is 31.0. The number of benzene rings is 4. The summed E-state index contributed by atoms with van der Waals surface area (Å²) in [5, 5.41) is 17.0. The van der Waals surface area contributed by atoms with E-state index in [-0.39, 0.29) is 6.03 Å². The van der Waals surface area contributed by atoms with Crippen molar-refractivity contribution in [2.24, 2.45) is 0 Å². The minimum absolute atomic E-state index is 0.333. The van der Waals surface area contributed by atoms with Gasteiger partial charge in [-0.3, -0.25) is 4.98 Å². The van der Waals surface area contributed by atoms with Crippen LogP contribution in [-0.4, -0.2) is 28.3 Å². The molecule has 0 fully saturated rings. The molecule has 0 saturated heterocycles. The predicted octanol–water partition coefficient (Wildman–Crippen LogP) is 8.48. The molecule has 224 valence electrons. The van der Waals surface area contributed by atoms with E-state index in [9.17, 15) is 4.79 Å². The molecule has 2 heterocycles. The van der Waals surface area contributed by atoms with E-state index in [1.807, 2.05) is 84.9 Å². The Morgan fingerprint density at radius 3 is 2.24 bits per heavy atom. The Kier molecular flexibility index (Phi) is 9.06. The van der Waals surface area contributed by atoms with Gasteiger partial charge >= 0.3 is 6.03 Å². The fourth-order valence-corrected chi connectivity index (χ4v) is 5.60. The summed E-state index contributed by atoms with van der Waals surface area (Å²) in [4.78, 5) is 17.4. The van der Waals surface area contributed by atoms with Gasteiger partial charge in [-0.1, -0.05) is 73.7 Å². The van der Waals surface area contributed by atoms with Gasteiger partial charge in [-0.05, 0) is 89.7 Å². The molecule has 2 amide bonds. The molecule has 45 heavy (non-hydrogen) atoms. The number of hydrogen-bond donors (Lipinski definition) is 2. The van der Waals surface area contributed by atoms with Gasteiger partial charge in [-0.25, -0.2) is 4.79 Å². The standard InChI is InChI=1S/C38H35N5O2/c1-26(29-8-4-3-5-9-29)24-28-13-19-37(45-2)36(25-28)41-38(44)40-34-18-16-33(31-10-6-7-11-32(31)34)35-17-15-30(42-43-35)14-12-27-20-22-39-23-21-27/h3-11,13,15-23,25-26H,12,14,24H2,1-2H3,(H2,40,41,44). The summed E-state index contributed by atoms with van der Waals surface area (Å²) in [6, 6.07) is 35.9. The first-order valence-corrected chi connectivity index (χ1v) is 15.1. The maximum absolute atomic E-state index is 13.3. The molecule has 0 bridgehead atoms. The Balaban J connectivity index is 1.17. The van der Waals surface area contributed by atoms with Crippen LogP contribution in [0.15, 0.2) is 122 Å². The highest BCUT2D eigenvalue weighted by molar-refractivity contribution is 6.09. The number of rotatable bonds is 10. The normalized spacial score (nSPS) is 11.6. The van der Waals surface area contributed by atoms with Crippen molar-refractivity contribution >= 4 is 28.2 Å². The van der Waals surface area contributed by atoms with Gasteiger partial charge in [0.25, 0.3) is 0 Å². The number of ether oxygens (including phenoxy) is 1. The lowest BCUT2D eigenvalue weighted by Gasteiger charge is -2.16. The van der Waals surface area contributed by atoms with Gasteiger partial charge in [0.05, 0.1) is 29.9 Å². The summed E-state index contributed by atoms with van der Waals surface area (Å²) in [5.74, 6) is 0.934. The monoisotopic (exact) mass is 593 g/mol. The zero-order valence-electron chi connectivity index (χ0n) is 25.4. The van der Waals surface area contributed by atoms with Crippen LogP contribution in [0.2, 0.25) is 0 Å². The second kappa shape index (κ2) is 13.8. The number of nitrogens with zero attached hydrogens (tertiary/aromatic N) is 3. The van der Waals surface area contributed by atoms with Crippen LogP contribution in [-0.2, 0) is 19.3 Å². The lowest BCUT2D eigenvalue weighted by molar-refractivity contribution is 0.262. The molecule has 4 aromatic carbocycles. The Hall–Kier alpha value is -5.56. The van der Waals surface area contributed by atoms with Gasteiger partial charge in [-0.15, -0.1) is 0 Å². The SMILES string of the molecule is COc1ccc(CC(C)c2ccccc2)cc1NC(=O)Nc1ccc(-c2ccc(CCc3ccncc3)nn2)c2ccccc12. The van der Waals surface area contributed by atoms with Crippen LogP contribution in [0.1, 0.15) is 35.2 Å². The quantitative estimate of drug-likeness (QED) is 0.166. The lowest BCUT2D eigenvalue weighted by Crippen LogP contribution is -2.20. The fourth-order valence-electron chi connectivity index (χ4n) is 5.60. The molecular formula is C38H35N5O2. The predicted molar refractivity (Wildman–Crippen MR) is 181 cm³/mol. The topological polar surface area (TPSA) is 89.0 Å². The average Bonchev–Trinajstić information content (AvgIpc) is 3.09. The molecule has 6 aromatic rings. The molecule has 2 N–H and O–H groups in total. The molecule has 0 radical (unpaired) electrons. The molecule has 7 nitrogen and oxygen atoms in total. The van der Waals surface area contributed by atoms with Crippen LogP contribution >= 0.6 is 0 Å². The number of aromatic nitrogens is 3. The second-order valence-electron chi connectivity index (χ2n) is 11.1. The van der Waals surface area contributed by atoms with Crippen LogP contribution in [0.25, 0.3) is 22.0 Å². The van der Waals surface area contributed by atoms with Crippen molar-refractivity contribution in [1.29, 1.82) is 0 Å². The number of hydrogen-bond acceptors (Lipinski definition) is 5. The van der Waals surface area contributed by atoms with Crippen LogP contribution in [0.5, 0.6) is 5.75 Å². The number of aryl methyl sites for hydroxylation is 2. The number of pyridine rings is 1. The van der Waals surface area contributed by atoms with Crippen molar-refractivity contribution < 1.29 is 9.53 Å². The minimum Gasteiger partial charge on any atom is -0.495 e. The maximum atomic E-state index is 13.3. The molecule has 2 aromatic heterocycles. The number of nitrogens with one attached hydrogen (secondary N) is 2. The van der Waals surface area contributed by atoms with Crippen molar-refractivity contribution in [2.75, 3.05) is 17.7 Å². The van der Waals surface area contributed by atoms with E-state index in [0.717, 1.165) is 52.5 Å². The molecule has 0 aliphatic heterocycles. The number of methoxy groups -OCH3 is 1. The largest absolute Gasteiger partial charge is 0.495 e. The molecule has 6 rings (SSSR count). The van der Waals surface area contributed by atoms with E-state index in [1.165, 1.54) is 11.1 Å². The van der Waals surface area contributed by atoms with E-state index >= 15 is 0 Å². The Labute approximate surface area is 263 Å². The summed E-state index contributed by atoms with van der Waals surface area (Å²) in [7, 11) is 1.60. The minimum atomic E-state index is -0.349. The van der Waals surface area contributed by atoms with Crippen LogP contribution in [0.3, 0.4) is 0 Å². The van der Waals surface area contributed by atoms with Gasteiger partial charge in [0.2, 0.25) is 0 Å². The highest BCUT2D eigenvalue weighted by atomic mass is 16.5. The molecule has 1 unspecified atom stereocenters.